The lowest BCUT2D eigenvalue weighted by Crippen LogP contribution is -2.38. The SMILES string of the molecule is COc1cccc(CN2c3ccccc3N(C3CC3)S2(=O)=O)c1. The summed E-state index contributed by atoms with van der Waals surface area (Å²) in [6.07, 6.45) is 1.86. The Labute approximate surface area is 136 Å². The minimum atomic E-state index is -3.52. The Balaban J connectivity index is 1.75. The molecular formula is C17H18N2O3S. The van der Waals surface area contributed by atoms with Gasteiger partial charge in [0.05, 0.1) is 25.0 Å². The molecule has 120 valence electrons. The van der Waals surface area contributed by atoms with Gasteiger partial charge in [-0.2, -0.15) is 8.42 Å². The zero-order chi connectivity index (χ0) is 16.0. The lowest BCUT2D eigenvalue weighted by Gasteiger charge is -2.21. The van der Waals surface area contributed by atoms with Gasteiger partial charge >= 0.3 is 10.2 Å². The van der Waals surface area contributed by atoms with Gasteiger partial charge in [0.2, 0.25) is 0 Å². The van der Waals surface area contributed by atoms with Gasteiger partial charge in [0.1, 0.15) is 5.75 Å². The molecule has 23 heavy (non-hydrogen) atoms. The van der Waals surface area contributed by atoms with Crippen LogP contribution in [0.5, 0.6) is 5.75 Å². The first-order valence-electron chi connectivity index (χ1n) is 7.65. The van der Waals surface area contributed by atoms with Gasteiger partial charge in [-0.3, -0.25) is 0 Å². The summed E-state index contributed by atoms with van der Waals surface area (Å²) >= 11 is 0. The highest BCUT2D eigenvalue weighted by Gasteiger charge is 2.47. The van der Waals surface area contributed by atoms with Crippen molar-refractivity contribution in [2.24, 2.45) is 0 Å². The van der Waals surface area contributed by atoms with E-state index in [0.717, 1.165) is 35.5 Å². The number of rotatable bonds is 4. The average molecular weight is 330 g/mol. The molecule has 0 saturated heterocycles. The first kappa shape index (κ1) is 14.4. The molecule has 0 spiro atoms. The number of hydrogen-bond acceptors (Lipinski definition) is 3. The predicted molar refractivity (Wildman–Crippen MR) is 90.0 cm³/mol. The van der Waals surface area contributed by atoms with Crippen molar-refractivity contribution >= 4 is 21.6 Å². The largest absolute Gasteiger partial charge is 0.497 e. The van der Waals surface area contributed by atoms with E-state index in [1.165, 1.54) is 4.31 Å². The second kappa shape index (κ2) is 5.16. The van der Waals surface area contributed by atoms with Gasteiger partial charge in [-0.15, -0.1) is 0 Å². The van der Waals surface area contributed by atoms with Crippen LogP contribution in [0.1, 0.15) is 18.4 Å². The summed E-state index contributed by atoms with van der Waals surface area (Å²) in [5.74, 6) is 0.728. The van der Waals surface area contributed by atoms with Crippen molar-refractivity contribution in [3.8, 4) is 5.75 Å². The molecule has 4 rings (SSSR count). The van der Waals surface area contributed by atoms with Crippen LogP contribution >= 0.6 is 0 Å². The van der Waals surface area contributed by atoms with Gasteiger partial charge in [0, 0.05) is 6.04 Å². The highest BCUT2D eigenvalue weighted by molar-refractivity contribution is 7.94. The molecule has 0 aromatic heterocycles. The monoisotopic (exact) mass is 330 g/mol. The second-order valence-electron chi connectivity index (χ2n) is 5.88. The molecule has 1 heterocycles. The first-order valence-corrected chi connectivity index (χ1v) is 9.05. The third kappa shape index (κ3) is 2.34. The smallest absolute Gasteiger partial charge is 0.327 e. The molecular weight excluding hydrogens is 312 g/mol. The molecule has 0 unspecified atom stereocenters. The molecule has 5 nitrogen and oxygen atoms in total. The Kier molecular flexibility index (Phi) is 3.23. The fourth-order valence-electron chi connectivity index (χ4n) is 3.01. The number of para-hydroxylation sites is 2. The van der Waals surface area contributed by atoms with E-state index in [9.17, 15) is 8.42 Å². The van der Waals surface area contributed by atoms with E-state index >= 15 is 0 Å². The molecule has 2 aliphatic rings. The summed E-state index contributed by atoms with van der Waals surface area (Å²) in [7, 11) is -1.91. The molecule has 0 radical (unpaired) electrons. The molecule has 1 saturated carbocycles. The highest BCUT2D eigenvalue weighted by Crippen LogP contribution is 2.47. The topological polar surface area (TPSA) is 49.9 Å². The number of methoxy groups -OCH3 is 1. The van der Waals surface area contributed by atoms with Crippen molar-refractivity contribution in [1.29, 1.82) is 0 Å². The Morgan fingerprint density at radius 3 is 2.52 bits per heavy atom. The van der Waals surface area contributed by atoms with Crippen LogP contribution in [0.25, 0.3) is 0 Å². The maximum absolute atomic E-state index is 13.0. The molecule has 6 heteroatoms. The van der Waals surface area contributed by atoms with Crippen LogP contribution in [0.2, 0.25) is 0 Å². The quantitative estimate of drug-likeness (QED) is 0.866. The summed E-state index contributed by atoms with van der Waals surface area (Å²) in [6.45, 7) is 0.305. The van der Waals surface area contributed by atoms with E-state index in [1.807, 2.05) is 48.5 Å². The van der Waals surface area contributed by atoms with Gasteiger partial charge in [-0.05, 0) is 42.7 Å². The summed E-state index contributed by atoms with van der Waals surface area (Å²) in [4.78, 5) is 0. The molecule has 0 amide bonds. The first-order chi connectivity index (χ1) is 11.1. The van der Waals surface area contributed by atoms with Crippen molar-refractivity contribution in [2.75, 3.05) is 15.7 Å². The normalized spacial score (nSPS) is 18.8. The fourth-order valence-corrected chi connectivity index (χ4v) is 4.93. The van der Waals surface area contributed by atoms with Crippen LogP contribution in [0.3, 0.4) is 0 Å². The fraction of sp³-hybridized carbons (Fsp3) is 0.294. The summed E-state index contributed by atoms with van der Waals surface area (Å²) in [6, 6.07) is 15.2. The summed E-state index contributed by atoms with van der Waals surface area (Å²) in [5.41, 5.74) is 2.44. The van der Waals surface area contributed by atoms with E-state index in [-0.39, 0.29) is 6.04 Å². The second-order valence-corrected chi connectivity index (χ2v) is 7.61. The maximum atomic E-state index is 13.0. The van der Waals surface area contributed by atoms with E-state index in [2.05, 4.69) is 0 Å². The predicted octanol–water partition coefficient (Wildman–Crippen LogP) is 2.93. The number of ether oxygens (including phenoxy) is 1. The molecule has 2 aromatic rings. The van der Waals surface area contributed by atoms with Gasteiger partial charge in [0.25, 0.3) is 0 Å². The molecule has 1 fully saturated rings. The standard InChI is InChI=1S/C17H18N2O3S/c1-22-15-6-4-5-13(11-15)12-18-16-7-2-3-8-17(16)19(14-9-10-14)23(18,20)21/h2-8,11,14H,9-10,12H2,1H3. The van der Waals surface area contributed by atoms with Crippen LogP contribution in [0.15, 0.2) is 48.5 Å². The lowest BCUT2D eigenvalue weighted by molar-refractivity contribution is 0.414. The van der Waals surface area contributed by atoms with Gasteiger partial charge in [-0.1, -0.05) is 24.3 Å². The zero-order valence-corrected chi connectivity index (χ0v) is 13.7. The van der Waals surface area contributed by atoms with E-state index < -0.39 is 10.2 Å². The number of anilines is 2. The molecule has 2 aromatic carbocycles. The minimum Gasteiger partial charge on any atom is -0.497 e. The third-order valence-corrected chi connectivity index (χ3v) is 6.13. The number of fused-ring (bicyclic) bond motifs is 1. The highest BCUT2D eigenvalue weighted by atomic mass is 32.2. The maximum Gasteiger partial charge on any atom is 0.327 e. The van der Waals surface area contributed by atoms with E-state index in [0.29, 0.717) is 6.54 Å². The van der Waals surface area contributed by atoms with Gasteiger partial charge < -0.3 is 4.74 Å². The van der Waals surface area contributed by atoms with Crippen LogP contribution in [-0.4, -0.2) is 21.6 Å². The molecule has 1 aliphatic carbocycles. The molecule has 0 atom stereocenters. The summed E-state index contributed by atoms with van der Waals surface area (Å²) < 4.78 is 34.3. The van der Waals surface area contributed by atoms with E-state index in [1.54, 1.807) is 11.4 Å². The number of nitrogens with zero attached hydrogens (tertiary/aromatic N) is 2. The molecule has 0 N–H and O–H groups in total. The van der Waals surface area contributed by atoms with Crippen LogP contribution in [0.4, 0.5) is 11.4 Å². The molecule has 0 bridgehead atoms. The van der Waals surface area contributed by atoms with Gasteiger partial charge in [0.15, 0.2) is 0 Å². The van der Waals surface area contributed by atoms with Crippen molar-refractivity contribution in [3.05, 3.63) is 54.1 Å². The third-order valence-electron chi connectivity index (χ3n) is 4.25. The lowest BCUT2D eigenvalue weighted by atomic mass is 10.2. The summed E-state index contributed by atoms with van der Waals surface area (Å²) in [5, 5.41) is 0. The minimum absolute atomic E-state index is 0.108. The van der Waals surface area contributed by atoms with Gasteiger partial charge in [-0.25, -0.2) is 8.61 Å². The van der Waals surface area contributed by atoms with Crippen molar-refractivity contribution in [2.45, 2.75) is 25.4 Å². The Hall–Kier alpha value is -2.21. The Bertz CT molecular complexity index is 846. The van der Waals surface area contributed by atoms with Crippen LogP contribution in [-0.2, 0) is 16.8 Å². The number of hydrogen-bond donors (Lipinski definition) is 0. The van der Waals surface area contributed by atoms with Crippen LogP contribution < -0.4 is 13.3 Å². The Morgan fingerprint density at radius 1 is 1.09 bits per heavy atom. The number of benzene rings is 2. The zero-order valence-electron chi connectivity index (χ0n) is 12.8. The van der Waals surface area contributed by atoms with E-state index in [4.69, 9.17) is 4.74 Å². The van der Waals surface area contributed by atoms with Crippen LogP contribution in [0, 0.1) is 0 Å². The average Bonchev–Trinajstić information content (AvgIpc) is 3.35. The Morgan fingerprint density at radius 2 is 1.83 bits per heavy atom. The molecule has 1 aliphatic heterocycles. The van der Waals surface area contributed by atoms with Crippen molar-refractivity contribution in [3.63, 3.8) is 0 Å². The van der Waals surface area contributed by atoms with Crippen molar-refractivity contribution < 1.29 is 13.2 Å². The van der Waals surface area contributed by atoms with Crippen molar-refractivity contribution in [1.82, 2.24) is 0 Å².